The van der Waals surface area contributed by atoms with E-state index in [0.29, 0.717) is 49.9 Å². The summed E-state index contributed by atoms with van der Waals surface area (Å²) < 4.78 is 55.8. The van der Waals surface area contributed by atoms with Gasteiger partial charge < -0.3 is 9.80 Å². The number of benzene rings is 2. The first-order chi connectivity index (χ1) is 17.6. The summed E-state index contributed by atoms with van der Waals surface area (Å²) in [4.78, 5) is 16.3. The Morgan fingerprint density at radius 3 is 2.38 bits per heavy atom. The highest BCUT2D eigenvalue weighted by Crippen LogP contribution is 2.35. The molecule has 0 bridgehead atoms. The van der Waals surface area contributed by atoms with Crippen LogP contribution in [0.25, 0.3) is 22.2 Å². The van der Waals surface area contributed by atoms with Crippen molar-refractivity contribution in [3.8, 4) is 11.4 Å². The van der Waals surface area contributed by atoms with E-state index in [0.717, 1.165) is 22.2 Å². The van der Waals surface area contributed by atoms with E-state index in [-0.39, 0.29) is 6.04 Å². The molecule has 0 aliphatic carbocycles. The number of anilines is 1. The van der Waals surface area contributed by atoms with Gasteiger partial charge in [0.2, 0.25) is 0 Å². The average molecular weight is 513 g/mol. The average Bonchev–Trinajstić information content (AvgIpc) is 3.32. The van der Waals surface area contributed by atoms with Gasteiger partial charge >= 0.3 is 6.18 Å². The highest BCUT2D eigenvalue weighted by atomic mass is 19.4. The van der Waals surface area contributed by atoms with Crippen molar-refractivity contribution in [3.63, 3.8) is 0 Å². The fourth-order valence-electron chi connectivity index (χ4n) is 4.88. The van der Waals surface area contributed by atoms with E-state index in [2.05, 4.69) is 20.2 Å². The molecule has 7 nitrogen and oxygen atoms in total. The molecule has 0 N–H and O–H groups in total. The van der Waals surface area contributed by atoms with E-state index in [1.807, 2.05) is 37.4 Å². The number of hydrogen-bond donors (Lipinski definition) is 0. The quantitative estimate of drug-likeness (QED) is 0.363. The van der Waals surface area contributed by atoms with Crippen molar-refractivity contribution in [2.45, 2.75) is 25.1 Å². The van der Waals surface area contributed by atoms with Crippen LogP contribution in [0.1, 0.15) is 28.8 Å². The molecule has 0 spiro atoms. The summed E-state index contributed by atoms with van der Waals surface area (Å²) in [6.07, 6.45) is -2.04. The summed E-state index contributed by atoms with van der Waals surface area (Å²) in [5, 5.41) is 15.1. The van der Waals surface area contributed by atoms with Crippen LogP contribution in [0, 0.1) is 5.82 Å². The fraction of sp³-hybridized carbons (Fsp3) is 0.308. The van der Waals surface area contributed by atoms with Gasteiger partial charge in [0.25, 0.3) is 5.91 Å². The van der Waals surface area contributed by atoms with Crippen LogP contribution in [0.5, 0.6) is 0 Å². The maximum absolute atomic E-state index is 13.7. The van der Waals surface area contributed by atoms with Crippen LogP contribution in [0.2, 0.25) is 0 Å². The Balaban J connectivity index is 1.36. The van der Waals surface area contributed by atoms with Gasteiger partial charge in [-0.3, -0.25) is 9.48 Å². The number of amides is 1. The lowest BCUT2D eigenvalue weighted by atomic mass is 10.00. The Morgan fingerprint density at radius 1 is 1.03 bits per heavy atom. The first-order valence-electron chi connectivity index (χ1n) is 11.8. The van der Waals surface area contributed by atoms with Crippen LogP contribution in [0.4, 0.5) is 23.4 Å². The molecule has 11 heteroatoms. The lowest BCUT2D eigenvalue weighted by Gasteiger charge is -2.37. The van der Waals surface area contributed by atoms with E-state index in [9.17, 15) is 22.4 Å². The zero-order valence-electron chi connectivity index (χ0n) is 20.2. The third-order valence-electron chi connectivity index (χ3n) is 6.88. The summed E-state index contributed by atoms with van der Waals surface area (Å²) in [5.41, 5.74) is -0.265. The Labute approximate surface area is 210 Å². The van der Waals surface area contributed by atoms with Crippen molar-refractivity contribution in [3.05, 3.63) is 71.7 Å². The molecule has 1 saturated heterocycles. The van der Waals surface area contributed by atoms with E-state index in [1.165, 1.54) is 11.9 Å². The molecular formula is C26H24F4N6O. The van der Waals surface area contributed by atoms with Gasteiger partial charge in [0.15, 0.2) is 5.82 Å². The van der Waals surface area contributed by atoms with Gasteiger partial charge in [-0.15, -0.1) is 10.2 Å². The second kappa shape index (κ2) is 9.45. The molecule has 4 aromatic rings. The molecule has 1 amide bonds. The van der Waals surface area contributed by atoms with Gasteiger partial charge in [-0.05, 0) is 37.1 Å². The molecule has 0 atom stereocenters. The lowest BCUT2D eigenvalue weighted by molar-refractivity contribution is -0.138. The summed E-state index contributed by atoms with van der Waals surface area (Å²) in [7, 11) is 3.30. The van der Waals surface area contributed by atoms with Crippen molar-refractivity contribution >= 4 is 22.5 Å². The number of halogens is 4. The van der Waals surface area contributed by atoms with Crippen molar-refractivity contribution in [1.29, 1.82) is 0 Å². The third kappa shape index (κ3) is 4.61. The van der Waals surface area contributed by atoms with Gasteiger partial charge in [0.1, 0.15) is 11.5 Å². The highest BCUT2D eigenvalue weighted by Gasteiger charge is 2.37. The second-order valence-electron chi connectivity index (χ2n) is 9.08. The Morgan fingerprint density at radius 2 is 1.73 bits per heavy atom. The number of alkyl halides is 3. The van der Waals surface area contributed by atoms with Gasteiger partial charge in [0.05, 0.1) is 16.8 Å². The van der Waals surface area contributed by atoms with Crippen molar-refractivity contribution in [1.82, 2.24) is 24.9 Å². The first-order valence-corrected chi connectivity index (χ1v) is 11.8. The van der Waals surface area contributed by atoms with Gasteiger partial charge in [-0.2, -0.15) is 18.3 Å². The standard InChI is InChI=1S/C26H24F4N6O/c1-34(25(37)20-15-16(27)7-8-21(20)26(28,29)30)17-10-13-36(14-11-17)24-19-6-4-3-5-18(19)23(32-33-24)22-9-12-31-35(22)2/h3-9,12,15,17H,10-11,13-14H2,1-2H3. The highest BCUT2D eigenvalue weighted by molar-refractivity contribution is 6.00. The van der Waals surface area contributed by atoms with Crippen molar-refractivity contribution in [2.75, 3.05) is 25.0 Å². The minimum Gasteiger partial charge on any atom is -0.354 e. The number of piperidine rings is 1. The van der Waals surface area contributed by atoms with Crippen LogP contribution in [-0.4, -0.2) is 57.0 Å². The van der Waals surface area contributed by atoms with Crippen molar-refractivity contribution < 1.29 is 22.4 Å². The second-order valence-corrected chi connectivity index (χ2v) is 9.08. The van der Waals surface area contributed by atoms with Crippen molar-refractivity contribution in [2.24, 2.45) is 7.05 Å². The van der Waals surface area contributed by atoms with E-state index >= 15 is 0 Å². The first kappa shape index (κ1) is 24.7. The van der Waals surface area contributed by atoms with E-state index < -0.39 is 29.0 Å². The van der Waals surface area contributed by atoms with Gasteiger partial charge in [0, 0.05) is 50.2 Å². The Bertz CT molecular complexity index is 1460. The molecule has 1 fully saturated rings. The molecule has 5 rings (SSSR count). The van der Waals surface area contributed by atoms with Crippen LogP contribution < -0.4 is 4.90 Å². The summed E-state index contributed by atoms with van der Waals surface area (Å²) in [6, 6.07) is 11.4. The summed E-state index contributed by atoms with van der Waals surface area (Å²) in [6.45, 7) is 1.06. The van der Waals surface area contributed by atoms with Crippen LogP contribution in [-0.2, 0) is 13.2 Å². The summed E-state index contributed by atoms with van der Waals surface area (Å²) in [5.74, 6) is -1.03. The molecule has 37 heavy (non-hydrogen) atoms. The number of aryl methyl sites for hydroxylation is 1. The topological polar surface area (TPSA) is 67.2 Å². The van der Waals surface area contributed by atoms with Gasteiger partial charge in [-0.1, -0.05) is 24.3 Å². The van der Waals surface area contributed by atoms with Crippen LogP contribution in [0.15, 0.2) is 54.7 Å². The molecule has 1 aliphatic heterocycles. The SMILES string of the molecule is CN(C(=O)c1cc(F)ccc1C(F)(F)F)C1CCN(c2nnc(-c3ccnn3C)c3ccccc23)CC1. The zero-order valence-corrected chi connectivity index (χ0v) is 20.2. The number of carbonyl (C=O) groups excluding carboxylic acids is 1. The maximum atomic E-state index is 13.7. The van der Waals surface area contributed by atoms with Crippen LogP contribution >= 0.6 is 0 Å². The lowest BCUT2D eigenvalue weighted by Crippen LogP contribution is -2.46. The fourth-order valence-corrected chi connectivity index (χ4v) is 4.88. The number of rotatable bonds is 4. The molecule has 2 aromatic heterocycles. The number of hydrogen-bond acceptors (Lipinski definition) is 5. The predicted octanol–water partition coefficient (Wildman–Crippen LogP) is 4.93. The van der Waals surface area contributed by atoms with E-state index in [1.54, 1.807) is 10.9 Å². The molecule has 3 heterocycles. The summed E-state index contributed by atoms with van der Waals surface area (Å²) >= 11 is 0. The number of nitrogens with zero attached hydrogens (tertiary/aromatic N) is 6. The number of aromatic nitrogens is 4. The molecular weight excluding hydrogens is 488 g/mol. The minimum absolute atomic E-state index is 0.305. The smallest absolute Gasteiger partial charge is 0.354 e. The molecule has 2 aromatic carbocycles. The zero-order chi connectivity index (χ0) is 26.3. The normalized spacial score (nSPS) is 14.8. The Kier molecular flexibility index (Phi) is 6.30. The minimum atomic E-state index is -4.76. The molecule has 0 saturated carbocycles. The molecule has 1 aliphatic rings. The maximum Gasteiger partial charge on any atom is 0.417 e. The molecule has 0 unspecified atom stereocenters. The third-order valence-corrected chi connectivity index (χ3v) is 6.88. The number of fused-ring (bicyclic) bond motifs is 1. The molecule has 192 valence electrons. The van der Waals surface area contributed by atoms with Crippen LogP contribution in [0.3, 0.4) is 0 Å². The van der Waals surface area contributed by atoms with Gasteiger partial charge in [-0.25, -0.2) is 4.39 Å². The predicted molar refractivity (Wildman–Crippen MR) is 130 cm³/mol. The molecule has 0 radical (unpaired) electrons. The monoisotopic (exact) mass is 512 g/mol. The largest absolute Gasteiger partial charge is 0.417 e. The Hall–Kier alpha value is -4.02. The number of carbonyl (C=O) groups is 1. The van der Waals surface area contributed by atoms with E-state index in [4.69, 9.17) is 0 Å².